The highest BCUT2D eigenvalue weighted by atomic mass is 19.1. The van der Waals surface area contributed by atoms with Crippen molar-refractivity contribution >= 4 is 18.1 Å². The number of rotatable bonds is 4. The summed E-state index contributed by atoms with van der Waals surface area (Å²) < 4.78 is 15.6. The van der Waals surface area contributed by atoms with Crippen molar-refractivity contribution in [1.29, 1.82) is 0 Å². The molecule has 3 N–H and O–H groups in total. The van der Waals surface area contributed by atoms with Crippen molar-refractivity contribution in [1.82, 2.24) is 9.55 Å². The molecule has 1 aromatic carbocycles. The van der Waals surface area contributed by atoms with Crippen LogP contribution < -0.4 is 5.32 Å². The fourth-order valence-electron chi connectivity index (χ4n) is 2.45. The van der Waals surface area contributed by atoms with Gasteiger partial charge in [0.15, 0.2) is 0 Å². The molecule has 3 rings (SSSR count). The smallest absolute Gasteiger partial charge is 0.335 e. The van der Waals surface area contributed by atoms with Crippen molar-refractivity contribution in [2.75, 3.05) is 11.9 Å². The van der Waals surface area contributed by atoms with Gasteiger partial charge in [0.25, 0.3) is 0 Å². The van der Waals surface area contributed by atoms with E-state index in [2.05, 4.69) is 15.3 Å². The molecule has 1 aliphatic heterocycles. The molecule has 1 atom stereocenters. The molecule has 120 valence electrons. The quantitative estimate of drug-likeness (QED) is 0.792. The monoisotopic (exact) mass is 318 g/mol. The number of imidazole rings is 1. The lowest BCUT2D eigenvalue weighted by Gasteiger charge is -2.10. The van der Waals surface area contributed by atoms with Gasteiger partial charge in [0.1, 0.15) is 23.4 Å². The van der Waals surface area contributed by atoms with E-state index in [-0.39, 0.29) is 12.1 Å². The summed E-state index contributed by atoms with van der Waals surface area (Å²) in [5.41, 5.74) is 0.851. The molecule has 7 nitrogen and oxygen atoms in total. The van der Waals surface area contributed by atoms with Crippen LogP contribution in [0, 0.1) is 5.82 Å². The van der Waals surface area contributed by atoms with E-state index in [1.807, 2.05) is 0 Å². The Morgan fingerprint density at radius 2 is 2.30 bits per heavy atom. The van der Waals surface area contributed by atoms with E-state index < -0.39 is 17.9 Å². The second-order valence-electron chi connectivity index (χ2n) is 5.19. The standard InChI is InChI=1S/C15H15FN4O3/c16-11-2-1-10(15(22)23)5-9(11)3-4-20-8-19-13-12(21)6-17-7-18-14(13)20/h1-2,5,7-8,12,21H,3-4,6H2,(H,17,18)(H,22,23). The summed E-state index contributed by atoms with van der Waals surface area (Å²) in [6.07, 6.45) is 2.55. The molecule has 0 spiro atoms. The number of halogens is 1. The number of hydrogen-bond donors (Lipinski definition) is 3. The summed E-state index contributed by atoms with van der Waals surface area (Å²) in [6, 6.07) is 3.72. The molecular weight excluding hydrogens is 303 g/mol. The molecule has 1 aliphatic rings. The fraction of sp³-hybridized carbons (Fsp3) is 0.267. The van der Waals surface area contributed by atoms with Gasteiger partial charge in [0.2, 0.25) is 0 Å². The van der Waals surface area contributed by atoms with Gasteiger partial charge in [-0.15, -0.1) is 0 Å². The van der Waals surface area contributed by atoms with Crippen LogP contribution in [0.25, 0.3) is 0 Å². The number of anilines is 1. The van der Waals surface area contributed by atoms with Gasteiger partial charge in [0, 0.05) is 6.54 Å². The first-order chi connectivity index (χ1) is 11.1. The van der Waals surface area contributed by atoms with Crippen LogP contribution in [-0.4, -0.2) is 38.6 Å². The molecular formula is C15H15FN4O3. The molecule has 0 radical (unpaired) electrons. The van der Waals surface area contributed by atoms with Crippen LogP contribution in [0.2, 0.25) is 0 Å². The zero-order valence-electron chi connectivity index (χ0n) is 12.1. The van der Waals surface area contributed by atoms with Gasteiger partial charge in [-0.05, 0) is 30.2 Å². The number of aliphatic imine (C=N–C) groups is 1. The number of carboxylic acid groups (broad SMARTS) is 1. The second kappa shape index (κ2) is 6.17. The molecule has 0 fully saturated rings. The number of carboxylic acids is 1. The largest absolute Gasteiger partial charge is 0.478 e. The lowest BCUT2D eigenvalue weighted by atomic mass is 10.1. The van der Waals surface area contributed by atoms with Crippen LogP contribution in [0.4, 0.5) is 10.2 Å². The molecule has 1 unspecified atom stereocenters. The molecule has 23 heavy (non-hydrogen) atoms. The Kier molecular flexibility index (Phi) is 4.07. The van der Waals surface area contributed by atoms with Gasteiger partial charge in [-0.1, -0.05) is 0 Å². The number of aryl methyl sites for hydroxylation is 2. The molecule has 0 bridgehead atoms. The minimum absolute atomic E-state index is 0.0477. The second-order valence-corrected chi connectivity index (χ2v) is 5.19. The van der Waals surface area contributed by atoms with E-state index in [1.165, 1.54) is 18.5 Å². The van der Waals surface area contributed by atoms with Crippen molar-refractivity contribution in [3.63, 3.8) is 0 Å². The Balaban J connectivity index is 1.81. The maximum atomic E-state index is 13.8. The molecule has 0 saturated heterocycles. The average molecular weight is 318 g/mol. The number of carbonyl (C=O) groups is 1. The summed E-state index contributed by atoms with van der Waals surface area (Å²) in [5, 5.41) is 21.9. The molecule has 1 aromatic heterocycles. The Morgan fingerprint density at radius 1 is 1.48 bits per heavy atom. The van der Waals surface area contributed by atoms with Crippen molar-refractivity contribution in [2.24, 2.45) is 4.99 Å². The summed E-state index contributed by atoms with van der Waals surface area (Å²) in [4.78, 5) is 19.1. The third-order valence-corrected chi connectivity index (χ3v) is 3.67. The van der Waals surface area contributed by atoms with Gasteiger partial charge in [-0.3, -0.25) is 4.99 Å². The van der Waals surface area contributed by atoms with Gasteiger partial charge in [-0.2, -0.15) is 0 Å². The Bertz CT molecular complexity index is 772. The topological polar surface area (TPSA) is 99.7 Å². The fourth-order valence-corrected chi connectivity index (χ4v) is 2.45. The highest BCUT2D eigenvalue weighted by Gasteiger charge is 2.20. The predicted molar refractivity (Wildman–Crippen MR) is 81.2 cm³/mol. The van der Waals surface area contributed by atoms with E-state index in [1.54, 1.807) is 10.9 Å². The minimum atomic E-state index is -1.09. The van der Waals surface area contributed by atoms with Crippen molar-refractivity contribution in [2.45, 2.75) is 19.1 Å². The van der Waals surface area contributed by atoms with Crippen LogP contribution in [0.3, 0.4) is 0 Å². The first-order valence-corrected chi connectivity index (χ1v) is 7.06. The third-order valence-electron chi connectivity index (χ3n) is 3.67. The van der Waals surface area contributed by atoms with Crippen LogP contribution in [-0.2, 0) is 13.0 Å². The number of aliphatic hydroxyl groups excluding tert-OH is 1. The number of benzene rings is 1. The maximum absolute atomic E-state index is 13.8. The number of aromatic nitrogens is 2. The minimum Gasteiger partial charge on any atom is -0.478 e. The van der Waals surface area contributed by atoms with Crippen molar-refractivity contribution in [3.05, 3.63) is 47.2 Å². The number of aromatic carboxylic acids is 1. The van der Waals surface area contributed by atoms with Gasteiger partial charge in [-0.25, -0.2) is 14.2 Å². The normalized spacial score (nSPS) is 16.5. The van der Waals surface area contributed by atoms with Crippen LogP contribution >= 0.6 is 0 Å². The summed E-state index contributed by atoms with van der Waals surface area (Å²) in [7, 11) is 0. The first-order valence-electron chi connectivity index (χ1n) is 7.06. The molecule has 0 amide bonds. The zero-order valence-corrected chi connectivity index (χ0v) is 12.1. The lowest BCUT2D eigenvalue weighted by molar-refractivity contribution is 0.0696. The van der Waals surface area contributed by atoms with Gasteiger partial charge in [0.05, 0.1) is 24.8 Å². The van der Waals surface area contributed by atoms with Crippen molar-refractivity contribution in [3.8, 4) is 0 Å². The summed E-state index contributed by atoms with van der Waals surface area (Å²) in [5.74, 6) is -0.937. The summed E-state index contributed by atoms with van der Waals surface area (Å²) >= 11 is 0. The van der Waals surface area contributed by atoms with Gasteiger partial charge >= 0.3 is 5.97 Å². The highest BCUT2D eigenvalue weighted by Crippen LogP contribution is 2.24. The van der Waals surface area contributed by atoms with Crippen LogP contribution in [0.5, 0.6) is 0 Å². The molecule has 2 aromatic rings. The number of fused-ring (bicyclic) bond motifs is 1. The van der Waals surface area contributed by atoms with E-state index >= 15 is 0 Å². The van der Waals surface area contributed by atoms with E-state index in [9.17, 15) is 14.3 Å². The Hall–Kier alpha value is -2.74. The van der Waals surface area contributed by atoms with Crippen LogP contribution in [0.1, 0.15) is 27.7 Å². The molecule has 0 saturated carbocycles. The van der Waals surface area contributed by atoms with E-state index in [0.717, 1.165) is 6.07 Å². The van der Waals surface area contributed by atoms with E-state index in [0.29, 0.717) is 30.0 Å². The number of nitrogens with zero attached hydrogens (tertiary/aromatic N) is 3. The predicted octanol–water partition coefficient (Wildman–Crippen LogP) is 1.45. The number of hydrogen-bond acceptors (Lipinski definition) is 5. The van der Waals surface area contributed by atoms with Gasteiger partial charge < -0.3 is 20.1 Å². The molecule has 2 heterocycles. The Labute approximate surface area is 131 Å². The lowest BCUT2D eigenvalue weighted by Crippen LogP contribution is -2.09. The highest BCUT2D eigenvalue weighted by molar-refractivity contribution is 5.87. The van der Waals surface area contributed by atoms with Crippen molar-refractivity contribution < 1.29 is 19.4 Å². The van der Waals surface area contributed by atoms with Crippen LogP contribution in [0.15, 0.2) is 29.5 Å². The number of nitrogens with one attached hydrogen (secondary N) is 1. The molecule has 0 aliphatic carbocycles. The zero-order chi connectivity index (χ0) is 16.4. The average Bonchev–Trinajstić information content (AvgIpc) is 2.84. The molecule has 8 heteroatoms. The van der Waals surface area contributed by atoms with E-state index in [4.69, 9.17) is 5.11 Å². The number of aliphatic hydroxyl groups is 1. The SMILES string of the molecule is O=C(O)c1ccc(F)c(CCn2cnc3c2NC=NCC3O)c1. The summed E-state index contributed by atoms with van der Waals surface area (Å²) in [6.45, 7) is 0.613. The Morgan fingerprint density at radius 3 is 3.09 bits per heavy atom. The first kappa shape index (κ1) is 15.2. The third kappa shape index (κ3) is 3.07. The maximum Gasteiger partial charge on any atom is 0.335 e.